The summed E-state index contributed by atoms with van der Waals surface area (Å²) in [6.07, 6.45) is -3.93. The van der Waals surface area contributed by atoms with E-state index in [9.17, 15) is 17.6 Å². The van der Waals surface area contributed by atoms with Crippen LogP contribution in [0.4, 0.5) is 17.6 Å². The number of benzene rings is 2. The van der Waals surface area contributed by atoms with Crippen molar-refractivity contribution in [1.82, 2.24) is 5.32 Å². The number of nitrogens with one attached hydrogen (secondary N) is 1. The molecule has 2 aromatic carbocycles. The van der Waals surface area contributed by atoms with Gasteiger partial charge in [-0.05, 0) is 29.7 Å². The highest BCUT2D eigenvalue weighted by Gasteiger charge is 2.33. The second-order valence-electron chi connectivity index (χ2n) is 5.16. The molecule has 0 heterocycles. The van der Waals surface area contributed by atoms with E-state index in [0.717, 1.165) is 17.7 Å². The summed E-state index contributed by atoms with van der Waals surface area (Å²) in [6, 6.07) is 12.2. The fourth-order valence-electron chi connectivity index (χ4n) is 2.16. The summed E-state index contributed by atoms with van der Waals surface area (Å²) in [5.74, 6) is -0.896. The second kappa shape index (κ2) is 9.59. The molecule has 136 valence electrons. The van der Waals surface area contributed by atoms with Crippen molar-refractivity contribution in [1.29, 1.82) is 0 Å². The third kappa shape index (κ3) is 6.89. The Morgan fingerprint density at radius 3 is 2.40 bits per heavy atom. The fourth-order valence-corrected chi connectivity index (χ4v) is 2.16. The van der Waals surface area contributed by atoms with Gasteiger partial charge in [0.05, 0.1) is 12.1 Å². The monoisotopic (exact) mass is 467 g/mol. The Hall–Kier alpha value is -1.84. The standard InChI is InChI=1S/C17H17F4N3.HI/c18-14-7-6-13(15(10-14)17(19,20)21)11-24-16(22)23-9-8-12-4-2-1-3-5-12;/h1-7,10H,8-9,11H2,(H3,22,23,24);1H. The minimum atomic E-state index is -4.64. The van der Waals surface area contributed by atoms with Crippen LogP contribution in [0, 0.1) is 5.82 Å². The molecular weight excluding hydrogens is 449 g/mol. The summed E-state index contributed by atoms with van der Waals surface area (Å²) >= 11 is 0. The fraction of sp³-hybridized carbons (Fsp3) is 0.235. The van der Waals surface area contributed by atoms with Crippen molar-refractivity contribution in [2.75, 3.05) is 6.54 Å². The Balaban J connectivity index is 0.00000312. The highest BCUT2D eigenvalue weighted by atomic mass is 127. The lowest BCUT2D eigenvalue weighted by Gasteiger charge is -2.12. The zero-order chi connectivity index (χ0) is 17.6. The van der Waals surface area contributed by atoms with Crippen molar-refractivity contribution in [3.63, 3.8) is 0 Å². The third-order valence-electron chi connectivity index (χ3n) is 3.36. The van der Waals surface area contributed by atoms with Crippen molar-refractivity contribution >= 4 is 29.9 Å². The lowest BCUT2D eigenvalue weighted by Crippen LogP contribution is -2.33. The van der Waals surface area contributed by atoms with Crippen molar-refractivity contribution in [2.24, 2.45) is 10.7 Å². The molecule has 0 amide bonds. The van der Waals surface area contributed by atoms with Gasteiger partial charge in [-0.2, -0.15) is 13.2 Å². The number of alkyl halides is 3. The van der Waals surface area contributed by atoms with E-state index in [1.165, 1.54) is 0 Å². The number of aliphatic imine (C=N–C) groups is 1. The molecule has 0 bridgehead atoms. The van der Waals surface area contributed by atoms with Gasteiger partial charge in [-0.1, -0.05) is 36.4 Å². The van der Waals surface area contributed by atoms with Crippen LogP contribution in [-0.2, 0) is 19.1 Å². The molecular formula is C17H18F4IN3. The van der Waals surface area contributed by atoms with Crippen LogP contribution < -0.4 is 11.1 Å². The molecule has 0 aromatic heterocycles. The van der Waals surface area contributed by atoms with Crippen molar-refractivity contribution in [3.8, 4) is 0 Å². The van der Waals surface area contributed by atoms with E-state index in [2.05, 4.69) is 10.3 Å². The molecule has 0 aliphatic rings. The number of nitrogens with two attached hydrogens (primary N) is 1. The largest absolute Gasteiger partial charge is 0.416 e. The van der Waals surface area contributed by atoms with Gasteiger partial charge in [0, 0.05) is 6.54 Å². The van der Waals surface area contributed by atoms with E-state index < -0.39 is 17.6 Å². The summed E-state index contributed by atoms with van der Waals surface area (Å²) in [5.41, 5.74) is 5.60. The van der Waals surface area contributed by atoms with Crippen LogP contribution >= 0.6 is 24.0 Å². The van der Waals surface area contributed by atoms with Gasteiger partial charge in [-0.25, -0.2) is 9.38 Å². The summed E-state index contributed by atoms with van der Waals surface area (Å²) in [7, 11) is 0. The van der Waals surface area contributed by atoms with Crippen molar-refractivity contribution in [3.05, 3.63) is 71.0 Å². The molecule has 0 saturated carbocycles. The number of hydrogen-bond donors (Lipinski definition) is 2. The molecule has 2 rings (SSSR count). The van der Waals surface area contributed by atoms with Crippen LogP contribution in [0.15, 0.2) is 53.5 Å². The van der Waals surface area contributed by atoms with E-state index in [1.807, 2.05) is 30.3 Å². The molecule has 0 atom stereocenters. The molecule has 0 aliphatic carbocycles. The maximum Gasteiger partial charge on any atom is 0.416 e. The van der Waals surface area contributed by atoms with Gasteiger partial charge in [0.2, 0.25) is 0 Å². The topological polar surface area (TPSA) is 50.4 Å². The average molecular weight is 467 g/mol. The second-order valence-corrected chi connectivity index (χ2v) is 5.16. The molecule has 2 aromatic rings. The van der Waals surface area contributed by atoms with Crippen molar-refractivity contribution < 1.29 is 17.6 Å². The minimum Gasteiger partial charge on any atom is -0.370 e. The number of guanidine groups is 1. The Labute approximate surface area is 160 Å². The summed E-state index contributed by atoms with van der Waals surface area (Å²) in [5, 5.41) is 2.84. The minimum absolute atomic E-state index is 0. The Bertz CT molecular complexity index is 703. The molecule has 8 heteroatoms. The molecule has 0 unspecified atom stereocenters. The van der Waals surface area contributed by atoms with Gasteiger partial charge in [-0.3, -0.25) is 0 Å². The highest BCUT2D eigenvalue weighted by molar-refractivity contribution is 14.0. The molecule has 25 heavy (non-hydrogen) atoms. The first-order valence-electron chi connectivity index (χ1n) is 7.29. The maximum absolute atomic E-state index is 13.0. The van der Waals surface area contributed by atoms with Crippen LogP contribution in [0.1, 0.15) is 16.7 Å². The van der Waals surface area contributed by atoms with Crippen LogP contribution in [-0.4, -0.2) is 12.5 Å². The molecule has 0 radical (unpaired) electrons. The first-order valence-corrected chi connectivity index (χ1v) is 7.29. The predicted octanol–water partition coefficient (Wildman–Crippen LogP) is 4.11. The average Bonchev–Trinajstić information content (AvgIpc) is 2.54. The van der Waals surface area contributed by atoms with Crippen LogP contribution in [0.3, 0.4) is 0 Å². The van der Waals surface area contributed by atoms with Gasteiger partial charge in [0.25, 0.3) is 0 Å². The van der Waals surface area contributed by atoms with E-state index >= 15 is 0 Å². The maximum atomic E-state index is 13.0. The number of nitrogens with zero attached hydrogens (tertiary/aromatic N) is 1. The Morgan fingerprint density at radius 1 is 1.08 bits per heavy atom. The normalized spacial score (nSPS) is 11.8. The van der Waals surface area contributed by atoms with Crippen LogP contribution in [0.2, 0.25) is 0 Å². The summed E-state index contributed by atoms with van der Waals surface area (Å²) < 4.78 is 51.7. The summed E-state index contributed by atoms with van der Waals surface area (Å²) in [6.45, 7) is 0.230. The molecule has 0 fully saturated rings. The number of halogens is 5. The zero-order valence-corrected chi connectivity index (χ0v) is 15.5. The first kappa shape index (κ1) is 21.2. The van der Waals surface area contributed by atoms with Gasteiger partial charge in [-0.15, -0.1) is 24.0 Å². The van der Waals surface area contributed by atoms with Crippen LogP contribution in [0.25, 0.3) is 0 Å². The smallest absolute Gasteiger partial charge is 0.370 e. The molecule has 0 spiro atoms. The molecule has 0 aliphatic heterocycles. The van der Waals surface area contributed by atoms with Gasteiger partial charge in [0.15, 0.2) is 5.96 Å². The Kier molecular flexibility index (Phi) is 8.14. The number of hydrogen-bond acceptors (Lipinski definition) is 1. The van der Waals surface area contributed by atoms with Gasteiger partial charge < -0.3 is 11.1 Å². The van der Waals surface area contributed by atoms with E-state index in [0.29, 0.717) is 19.0 Å². The highest BCUT2D eigenvalue weighted by Crippen LogP contribution is 2.32. The third-order valence-corrected chi connectivity index (χ3v) is 3.36. The SMILES string of the molecule is I.NC(=NCc1ccc(F)cc1C(F)(F)F)NCCc1ccccc1. The molecule has 0 saturated heterocycles. The lowest BCUT2D eigenvalue weighted by molar-refractivity contribution is -0.138. The predicted molar refractivity (Wildman–Crippen MR) is 100 cm³/mol. The molecule has 3 nitrogen and oxygen atoms in total. The summed E-state index contributed by atoms with van der Waals surface area (Å²) in [4.78, 5) is 3.89. The first-order chi connectivity index (χ1) is 11.4. The quantitative estimate of drug-likeness (QED) is 0.301. The number of rotatable bonds is 5. The van der Waals surface area contributed by atoms with E-state index in [1.54, 1.807) is 0 Å². The van der Waals surface area contributed by atoms with E-state index in [-0.39, 0.29) is 42.0 Å². The van der Waals surface area contributed by atoms with Gasteiger partial charge >= 0.3 is 6.18 Å². The molecule has 3 N–H and O–H groups in total. The zero-order valence-electron chi connectivity index (χ0n) is 13.2. The van der Waals surface area contributed by atoms with Crippen molar-refractivity contribution in [2.45, 2.75) is 19.1 Å². The van der Waals surface area contributed by atoms with Gasteiger partial charge in [0.1, 0.15) is 5.82 Å². The van der Waals surface area contributed by atoms with Crippen LogP contribution in [0.5, 0.6) is 0 Å². The Morgan fingerprint density at radius 2 is 1.76 bits per heavy atom. The lowest BCUT2D eigenvalue weighted by atomic mass is 10.1. The van der Waals surface area contributed by atoms with E-state index in [4.69, 9.17) is 5.73 Å².